The topological polar surface area (TPSA) is 45.7 Å². The third-order valence-corrected chi connectivity index (χ3v) is 3.81. The SMILES string of the molecule is CCNC(=NCc1ccccc1COC)NCCc1ccccc1F. The van der Waals surface area contributed by atoms with Gasteiger partial charge >= 0.3 is 0 Å². The van der Waals surface area contributed by atoms with E-state index in [1.165, 1.54) is 6.07 Å². The number of aliphatic imine (C=N–C) groups is 1. The highest BCUT2D eigenvalue weighted by Crippen LogP contribution is 2.11. The molecule has 25 heavy (non-hydrogen) atoms. The first-order valence-electron chi connectivity index (χ1n) is 8.56. The monoisotopic (exact) mass is 343 g/mol. The van der Waals surface area contributed by atoms with E-state index in [0.29, 0.717) is 31.7 Å². The molecule has 0 heterocycles. The molecule has 0 aliphatic carbocycles. The maximum atomic E-state index is 13.7. The van der Waals surface area contributed by atoms with Crippen molar-refractivity contribution >= 4 is 5.96 Å². The molecule has 2 rings (SSSR count). The van der Waals surface area contributed by atoms with Crippen LogP contribution in [0.2, 0.25) is 0 Å². The van der Waals surface area contributed by atoms with Gasteiger partial charge in [0.15, 0.2) is 5.96 Å². The van der Waals surface area contributed by atoms with Gasteiger partial charge in [-0.25, -0.2) is 9.38 Å². The van der Waals surface area contributed by atoms with Crippen LogP contribution >= 0.6 is 0 Å². The van der Waals surface area contributed by atoms with Crippen LogP contribution < -0.4 is 10.6 Å². The molecule has 0 bridgehead atoms. The van der Waals surface area contributed by atoms with Gasteiger partial charge in [-0.3, -0.25) is 0 Å². The lowest BCUT2D eigenvalue weighted by molar-refractivity contribution is 0.184. The quantitative estimate of drug-likeness (QED) is 0.571. The second-order valence-electron chi connectivity index (χ2n) is 5.67. The third kappa shape index (κ3) is 6.19. The van der Waals surface area contributed by atoms with Crippen LogP contribution in [0.5, 0.6) is 0 Å². The molecule has 0 aliphatic rings. The maximum Gasteiger partial charge on any atom is 0.191 e. The van der Waals surface area contributed by atoms with Gasteiger partial charge < -0.3 is 15.4 Å². The molecule has 2 aromatic rings. The molecule has 0 amide bonds. The van der Waals surface area contributed by atoms with Crippen LogP contribution in [0.15, 0.2) is 53.5 Å². The summed E-state index contributed by atoms with van der Waals surface area (Å²) >= 11 is 0. The van der Waals surface area contributed by atoms with E-state index in [4.69, 9.17) is 4.74 Å². The number of methoxy groups -OCH3 is 1. The molecule has 134 valence electrons. The second kappa shape index (κ2) is 10.5. The van der Waals surface area contributed by atoms with Crippen LogP contribution in [0, 0.1) is 5.82 Å². The number of nitrogens with zero attached hydrogens (tertiary/aromatic N) is 1. The van der Waals surface area contributed by atoms with Crippen LogP contribution in [-0.2, 0) is 24.3 Å². The fourth-order valence-corrected chi connectivity index (χ4v) is 2.53. The minimum Gasteiger partial charge on any atom is -0.380 e. The molecule has 0 spiro atoms. The van der Waals surface area contributed by atoms with Gasteiger partial charge in [-0.05, 0) is 36.1 Å². The molecule has 0 saturated carbocycles. The number of hydrogen-bond acceptors (Lipinski definition) is 2. The molecule has 0 unspecified atom stereocenters. The summed E-state index contributed by atoms with van der Waals surface area (Å²) in [7, 11) is 1.69. The van der Waals surface area contributed by atoms with Crippen molar-refractivity contribution in [3.05, 3.63) is 71.0 Å². The standard InChI is InChI=1S/C20H26FN3O/c1-3-22-20(23-13-12-16-8-6-7-11-19(16)21)24-14-17-9-4-5-10-18(17)15-25-2/h4-11H,3,12-15H2,1-2H3,(H2,22,23,24). The number of ether oxygens (including phenoxy) is 1. The van der Waals surface area contributed by atoms with Gasteiger partial charge in [0.25, 0.3) is 0 Å². The molecule has 0 atom stereocenters. The first-order chi connectivity index (χ1) is 12.2. The Morgan fingerprint density at radius 1 is 1.00 bits per heavy atom. The molecule has 0 saturated heterocycles. The first-order valence-corrected chi connectivity index (χ1v) is 8.56. The molecule has 2 aromatic carbocycles. The van der Waals surface area contributed by atoms with Crippen molar-refractivity contribution in [2.75, 3.05) is 20.2 Å². The highest BCUT2D eigenvalue weighted by molar-refractivity contribution is 5.79. The van der Waals surface area contributed by atoms with Crippen molar-refractivity contribution in [2.24, 2.45) is 4.99 Å². The largest absolute Gasteiger partial charge is 0.380 e. The van der Waals surface area contributed by atoms with Crippen molar-refractivity contribution in [1.82, 2.24) is 10.6 Å². The zero-order chi connectivity index (χ0) is 17.9. The zero-order valence-electron chi connectivity index (χ0n) is 14.9. The fourth-order valence-electron chi connectivity index (χ4n) is 2.53. The van der Waals surface area contributed by atoms with Crippen LogP contribution in [-0.4, -0.2) is 26.2 Å². The summed E-state index contributed by atoms with van der Waals surface area (Å²) in [5.74, 6) is 0.561. The summed E-state index contributed by atoms with van der Waals surface area (Å²) in [5.41, 5.74) is 2.97. The van der Waals surface area contributed by atoms with Crippen molar-refractivity contribution in [2.45, 2.75) is 26.5 Å². The molecular weight excluding hydrogens is 317 g/mol. The van der Waals surface area contributed by atoms with E-state index in [9.17, 15) is 4.39 Å². The minimum absolute atomic E-state index is 0.167. The van der Waals surface area contributed by atoms with Crippen LogP contribution in [0.25, 0.3) is 0 Å². The molecule has 2 N–H and O–H groups in total. The molecular formula is C20H26FN3O. The van der Waals surface area contributed by atoms with Crippen molar-refractivity contribution in [3.8, 4) is 0 Å². The van der Waals surface area contributed by atoms with E-state index >= 15 is 0 Å². The number of halogens is 1. The van der Waals surface area contributed by atoms with E-state index in [2.05, 4.69) is 21.7 Å². The van der Waals surface area contributed by atoms with Crippen LogP contribution in [0.1, 0.15) is 23.6 Å². The van der Waals surface area contributed by atoms with E-state index in [1.807, 2.05) is 37.3 Å². The smallest absolute Gasteiger partial charge is 0.191 e. The van der Waals surface area contributed by atoms with Crippen molar-refractivity contribution in [3.63, 3.8) is 0 Å². The Bertz CT molecular complexity index is 688. The Kier molecular flexibility index (Phi) is 7.92. The van der Waals surface area contributed by atoms with Crippen LogP contribution in [0.4, 0.5) is 4.39 Å². The number of nitrogens with one attached hydrogen (secondary N) is 2. The summed E-state index contributed by atoms with van der Waals surface area (Å²) in [6, 6.07) is 15.0. The van der Waals surface area contributed by atoms with Gasteiger partial charge in [-0.2, -0.15) is 0 Å². The van der Waals surface area contributed by atoms with Gasteiger partial charge in [0.2, 0.25) is 0 Å². The summed E-state index contributed by atoms with van der Waals surface area (Å²) in [4.78, 5) is 4.63. The lowest BCUT2D eigenvalue weighted by atomic mass is 10.1. The second-order valence-corrected chi connectivity index (χ2v) is 5.67. The highest BCUT2D eigenvalue weighted by atomic mass is 19.1. The van der Waals surface area contributed by atoms with Gasteiger partial charge in [0.05, 0.1) is 13.2 Å². The maximum absolute atomic E-state index is 13.7. The van der Waals surface area contributed by atoms with E-state index in [-0.39, 0.29) is 5.82 Å². The van der Waals surface area contributed by atoms with Crippen molar-refractivity contribution < 1.29 is 9.13 Å². The summed E-state index contributed by atoms with van der Waals surface area (Å²) in [6.07, 6.45) is 0.608. The highest BCUT2D eigenvalue weighted by Gasteiger charge is 2.04. The van der Waals surface area contributed by atoms with E-state index < -0.39 is 0 Å². The summed E-state index contributed by atoms with van der Waals surface area (Å²) in [5, 5.41) is 6.48. The van der Waals surface area contributed by atoms with E-state index in [1.54, 1.807) is 13.2 Å². The average molecular weight is 343 g/mol. The molecule has 0 radical (unpaired) electrons. The Hall–Kier alpha value is -2.40. The predicted molar refractivity (Wildman–Crippen MR) is 100 cm³/mol. The molecule has 0 aromatic heterocycles. The van der Waals surface area contributed by atoms with Crippen molar-refractivity contribution in [1.29, 1.82) is 0 Å². The van der Waals surface area contributed by atoms with Gasteiger partial charge in [-0.1, -0.05) is 42.5 Å². The third-order valence-electron chi connectivity index (χ3n) is 3.81. The van der Waals surface area contributed by atoms with Gasteiger partial charge in [-0.15, -0.1) is 0 Å². The number of benzene rings is 2. The number of hydrogen-bond donors (Lipinski definition) is 2. The lowest BCUT2D eigenvalue weighted by Gasteiger charge is -2.12. The Balaban J connectivity index is 1.95. The minimum atomic E-state index is -0.167. The molecule has 0 aliphatic heterocycles. The Labute approximate surface area is 149 Å². The predicted octanol–water partition coefficient (Wildman–Crippen LogP) is 3.27. The summed E-state index contributed by atoms with van der Waals surface area (Å²) < 4.78 is 18.9. The number of rotatable bonds is 8. The summed E-state index contributed by atoms with van der Waals surface area (Å²) in [6.45, 7) is 4.54. The van der Waals surface area contributed by atoms with E-state index in [0.717, 1.165) is 23.6 Å². The molecule has 5 heteroatoms. The normalized spacial score (nSPS) is 11.4. The van der Waals surface area contributed by atoms with Gasteiger partial charge in [0, 0.05) is 20.2 Å². The Morgan fingerprint density at radius 2 is 1.68 bits per heavy atom. The Morgan fingerprint density at radius 3 is 2.36 bits per heavy atom. The van der Waals surface area contributed by atoms with Crippen LogP contribution in [0.3, 0.4) is 0 Å². The lowest BCUT2D eigenvalue weighted by Crippen LogP contribution is -2.38. The molecule has 0 fully saturated rings. The number of guanidine groups is 1. The fraction of sp³-hybridized carbons (Fsp3) is 0.350. The van der Waals surface area contributed by atoms with Gasteiger partial charge in [0.1, 0.15) is 5.82 Å². The molecule has 4 nitrogen and oxygen atoms in total. The zero-order valence-corrected chi connectivity index (χ0v) is 14.9. The average Bonchev–Trinajstić information content (AvgIpc) is 2.62. The first kappa shape index (κ1) is 18.9.